The second-order valence-electron chi connectivity index (χ2n) is 5.58. The molecule has 0 bridgehead atoms. The lowest BCUT2D eigenvalue weighted by atomic mass is 10.1. The number of halogens is 2. The zero-order valence-corrected chi connectivity index (χ0v) is 13.5. The van der Waals surface area contributed by atoms with Gasteiger partial charge in [-0.05, 0) is 51.0 Å². The first-order chi connectivity index (χ1) is 9.17. The molecule has 0 saturated carbocycles. The number of amides is 1. The van der Waals surface area contributed by atoms with Crippen LogP contribution in [0.4, 0.5) is 9.18 Å². The third kappa shape index (κ3) is 6.34. The summed E-state index contributed by atoms with van der Waals surface area (Å²) in [4.78, 5) is 11.5. The van der Waals surface area contributed by atoms with Crippen molar-refractivity contribution in [2.24, 2.45) is 5.73 Å². The molecule has 6 heteroatoms. The molecule has 20 heavy (non-hydrogen) atoms. The molecule has 0 radical (unpaired) electrons. The van der Waals surface area contributed by atoms with Crippen molar-refractivity contribution in [1.29, 1.82) is 0 Å². The molecule has 1 rings (SSSR count). The predicted octanol–water partition coefficient (Wildman–Crippen LogP) is 2.98. The summed E-state index contributed by atoms with van der Waals surface area (Å²) in [5.74, 6) is -0.310. The minimum atomic E-state index is -0.542. The highest BCUT2D eigenvalue weighted by Gasteiger charge is 2.17. The van der Waals surface area contributed by atoms with Crippen LogP contribution < -0.4 is 11.1 Å². The Hall–Kier alpha value is -1.14. The number of benzene rings is 1. The summed E-state index contributed by atoms with van der Waals surface area (Å²) in [6, 6.07) is 4.12. The van der Waals surface area contributed by atoms with Crippen LogP contribution >= 0.6 is 15.9 Å². The molecular weight excluding hydrogens is 327 g/mol. The van der Waals surface area contributed by atoms with E-state index in [0.717, 1.165) is 10.0 Å². The third-order valence-electron chi connectivity index (χ3n) is 2.40. The molecule has 0 saturated heterocycles. The Labute approximate surface area is 127 Å². The second kappa shape index (κ2) is 7.04. The van der Waals surface area contributed by atoms with Gasteiger partial charge in [-0.3, -0.25) is 0 Å². The Morgan fingerprint density at radius 2 is 2.15 bits per heavy atom. The molecule has 1 aromatic carbocycles. The van der Waals surface area contributed by atoms with E-state index in [1.54, 1.807) is 26.8 Å². The number of nitrogens with one attached hydrogen (secondary N) is 1. The van der Waals surface area contributed by atoms with Gasteiger partial charge in [-0.15, -0.1) is 0 Å². The van der Waals surface area contributed by atoms with Gasteiger partial charge in [0, 0.05) is 17.1 Å². The smallest absolute Gasteiger partial charge is 0.407 e. The summed E-state index contributed by atoms with van der Waals surface area (Å²) >= 11 is 3.34. The van der Waals surface area contributed by atoms with Crippen molar-refractivity contribution in [3.8, 4) is 0 Å². The van der Waals surface area contributed by atoms with Gasteiger partial charge in [0.1, 0.15) is 11.4 Å². The van der Waals surface area contributed by atoms with Gasteiger partial charge in [-0.1, -0.05) is 15.9 Å². The first-order valence-corrected chi connectivity index (χ1v) is 7.13. The Kier molecular flexibility index (Phi) is 5.95. The number of carbonyl (C=O) groups is 1. The molecule has 0 aliphatic rings. The van der Waals surface area contributed by atoms with Gasteiger partial charge in [0.15, 0.2) is 0 Å². The van der Waals surface area contributed by atoms with Gasteiger partial charge in [-0.25, -0.2) is 9.18 Å². The number of carbonyl (C=O) groups excluding carboxylic acids is 1. The van der Waals surface area contributed by atoms with E-state index in [4.69, 9.17) is 10.5 Å². The minimum Gasteiger partial charge on any atom is -0.444 e. The van der Waals surface area contributed by atoms with Gasteiger partial charge < -0.3 is 15.8 Å². The molecule has 0 fully saturated rings. The lowest BCUT2D eigenvalue weighted by Gasteiger charge is -2.21. The topological polar surface area (TPSA) is 64.3 Å². The second-order valence-corrected chi connectivity index (χ2v) is 6.44. The van der Waals surface area contributed by atoms with E-state index in [9.17, 15) is 9.18 Å². The summed E-state index contributed by atoms with van der Waals surface area (Å²) in [6.07, 6.45) is -0.0556. The maximum Gasteiger partial charge on any atom is 0.407 e. The fraction of sp³-hybridized carbons (Fsp3) is 0.500. The number of rotatable bonds is 4. The zero-order valence-electron chi connectivity index (χ0n) is 11.9. The van der Waals surface area contributed by atoms with Crippen LogP contribution in [0.5, 0.6) is 0 Å². The number of nitrogens with two attached hydrogens (primary N) is 1. The van der Waals surface area contributed by atoms with Crippen molar-refractivity contribution in [3.05, 3.63) is 34.1 Å². The van der Waals surface area contributed by atoms with Gasteiger partial charge >= 0.3 is 6.09 Å². The normalized spacial score (nSPS) is 12.9. The number of hydrogen-bond donors (Lipinski definition) is 2. The van der Waals surface area contributed by atoms with Crippen LogP contribution in [-0.2, 0) is 11.2 Å². The van der Waals surface area contributed by atoms with E-state index >= 15 is 0 Å². The minimum absolute atomic E-state index is 0.262. The lowest BCUT2D eigenvalue weighted by Crippen LogP contribution is -2.41. The summed E-state index contributed by atoms with van der Waals surface area (Å²) in [7, 11) is 0. The quantitative estimate of drug-likeness (QED) is 0.880. The highest BCUT2D eigenvalue weighted by atomic mass is 79.9. The van der Waals surface area contributed by atoms with Crippen LogP contribution in [-0.4, -0.2) is 24.3 Å². The van der Waals surface area contributed by atoms with E-state index in [-0.39, 0.29) is 18.4 Å². The van der Waals surface area contributed by atoms with Crippen molar-refractivity contribution in [1.82, 2.24) is 5.32 Å². The Morgan fingerprint density at radius 3 is 2.75 bits per heavy atom. The van der Waals surface area contributed by atoms with Crippen LogP contribution in [0, 0.1) is 5.82 Å². The molecule has 4 nitrogen and oxygen atoms in total. The number of alkyl carbamates (subject to hydrolysis) is 1. The molecule has 0 aliphatic carbocycles. The Morgan fingerprint density at radius 1 is 1.50 bits per heavy atom. The fourth-order valence-corrected chi connectivity index (χ4v) is 1.99. The van der Waals surface area contributed by atoms with Crippen molar-refractivity contribution in [3.63, 3.8) is 0 Å². The molecular formula is C14H20BrFN2O2. The standard InChI is InChI=1S/C14H20BrFN2O2/c1-14(2,3)20-13(19)18-8-11(17)7-9-6-10(16)4-5-12(9)15/h4-6,11H,7-8,17H2,1-3H3,(H,18,19). The predicted molar refractivity (Wildman–Crippen MR) is 80.0 cm³/mol. The van der Waals surface area contributed by atoms with E-state index in [2.05, 4.69) is 21.2 Å². The molecule has 1 atom stereocenters. The van der Waals surface area contributed by atoms with Crippen LogP contribution in [0.15, 0.2) is 22.7 Å². The van der Waals surface area contributed by atoms with E-state index in [1.165, 1.54) is 12.1 Å². The van der Waals surface area contributed by atoms with E-state index in [0.29, 0.717) is 6.42 Å². The first kappa shape index (κ1) is 16.9. The molecule has 1 unspecified atom stereocenters. The van der Waals surface area contributed by atoms with Gasteiger partial charge in [0.05, 0.1) is 0 Å². The summed E-state index contributed by atoms with van der Waals surface area (Å²) < 4.78 is 19.1. The molecule has 0 heterocycles. The first-order valence-electron chi connectivity index (χ1n) is 6.34. The largest absolute Gasteiger partial charge is 0.444 e. The number of hydrogen-bond acceptors (Lipinski definition) is 3. The van der Waals surface area contributed by atoms with E-state index < -0.39 is 11.7 Å². The summed E-state index contributed by atoms with van der Waals surface area (Å²) in [5.41, 5.74) is 6.15. The third-order valence-corrected chi connectivity index (χ3v) is 3.17. The average molecular weight is 347 g/mol. The van der Waals surface area contributed by atoms with Gasteiger partial charge in [0.25, 0.3) is 0 Å². The molecule has 1 amide bonds. The zero-order chi connectivity index (χ0) is 15.3. The van der Waals surface area contributed by atoms with Crippen molar-refractivity contribution >= 4 is 22.0 Å². The SMILES string of the molecule is CC(C)(C)OC(=O)NCC(N)Cc1cc(F)ccc1Br. The highest BCUT2D eigenvalue weighted by molar-refractivity contribution is 9.10. The number of ether oxygens (including phenoxy) is 1. The maximum atomic E-state index is 13.1. The van der Waals surface area contributed by atoms with E-state index in [1.807, 2.05) is 0 Å². The van der Waals surface area contributed by atoms with Crippen LogP contribution in [0.25, 0.3) is 0 Å². The summed E-state index contributed by atoms with van der Waals surface area (Å²) in [6.45, 7) is 5.63. The monoisotopic (exact) mass is 346 g/mol. The van der Waals surface area contributed by atoms with Gasteiger partial charge in [-0.2, -0.15) is 0 Å². The lowest BCUT2D eigenvalue weighted by molar-refractivity contribution is 0.0524. The molecule has 0 aliphatic heterocycles. The van der Waals surface area contributed by atoms with Crippen LogP contribution in [0.3, 0.4) is 0 Å². The molecule has 0 aromatic heterocycles. The Balaban J connectivity index is 2.46. The maximum absolute atomic E-state index is 13.1. The molecule has 1 aromatic rings. The average Bonchev–Trinajstić information content (AvgIpc) is 2.29. The van der Waals surface area contributed by atoms with Crippen LogP contribution in [0.1, 0.15) is 26.3 Å². The van der Waals surface area contributed by atoms with Crippen LogP contribution in [0.2, 0.25) is 0 Å². The van der Waals surface area contributed by atoms with Crippen molar-refractivity contribution < 1.29 is 13.9 Å². The van der Waals surface area contributed by atoms with Gasteiger partial charge in [0.2, 0.25) is 0 Å². The van der Waals surface area contributed by atoms with Crippen molar-refractivity contribution in [2.75, 3.05) is 6.54 Å². The summed E-state index contributed by atoms with van der Waals surface area (Å²) in [5, 5.41) is 2.60. The Bertz CT molecular complexity index is 475. The molecule has 3 N–H and O–H groups in total. The fourth-order valence-electron chi connectivity index (χ4n) is 1.58. The highest BCUT2D eigenvalue weighted by Crippen LogP contribution is 2.19. The molecule has 0 spiro atoms. The molecule has 112 valence electrons. The van der Waals surface area contributed by atoms with Crippen molar-refractivity contribution in [2.45, 2.75) is 38.8 Å².